The Labute approximate surface area is 209 Å². The van der Waals surface area contributed by atoms with Crippen LogP contribution in [0.5, 0.6) is 0 Å². The molecule has 7 nitrogen and oxygen atoms in total. The molecule has 2 heterocycles. The van der Waals surface area contributed by atoms with Crippen LogP contribution in [0.25, 0.3) is 11.0 Å². The van der Waals surface area contributed by atoms with Crippen molar-refractivity contribution in [1.82, 2.24) is 25.2 Å². The fourth-order valence-corrected chi connectivity index (χ4v) is 4.65. The van der Waals surface area contributed by atoms with Crippen LogP contribution in [0.3, 0.4) is 0 Å². The van der Waals surface area contributed by atoms with Crippen LogP contribution < -0.4 is 5.32 Å². The van der Waals surface area contributed by atoms with Gasteiger partial charge in [0.25, 0.3) is 0 Å². The summed E-state index contributed by atoms with van der Waals surface area (Å²) in [5, 5.41) is 13.4. The second-order valence-electron chi connectivity index (χ2n) is 9.12. The summed E-state index contributed by atoms with van der Waals surface area (Å²) in [6.07, 6.45) is 0.871. The molecule has 0 aliphatic rings. The maximum Gasteiger partial charge on any atom is 0.247 e. The molecule has 0 fully saturated rings. The van der Waals surface area contributed by atoms with E-state index >= 15 is 0 Å². The number of amides is 2. The maximum atomic E-state index is 13.8. The lowest BCUT2D eigenvalue weighted by molar-refractivity contribution is -0.142. The molecule has 0 radical (unpaired) electrons. The van der Waals surface area contributed by atoms with E-state index in [0.29, 0.717) is 19.0 Å². The summed E-state index contributed by atoms with van der Waals surface area (Å²) in [5.41, 5.74) is 3.39. The lowest BCUT2D eigenvalue weighted by atomic mass is 10.0. The van der Waals surface area contributed by atoms with E-state index in [1.807, 2.05) is 73.0 Å². The Morgan fingerprint density at radius 1 is 1.06 bits per heavy atom. The molecular formula is C27H31N5O2S. The Bertz CT molecular complexity index is 1260. The van der Waals surface area contributed by atoms with Crippen molar-refractivity contribution in [3.8, 4) is 0 Å². The normalized spacial score (nSPS) is 12.1. The predicted molar refractivity (Wildman–Crippen MR) is 139 cm³/mol. The number of hydrogen-bond donors (Lipinski definition) is 1. The number of aromatic nitrogens is 3. The van der Waals surface area contributed by atoms with Gasteiger partial charge in [-0.15, -0.1) is 16.4 Å². The van der Waals surface area contributed by atoms with Gasteiger partial charge >= 0.3 is 0 Å². The average Bonchev–Trinajstić information content (AvgIpc) is 3.50. The summed E-state index contributed by atoms with van der Waals surface area (Å²) in [7, 11) is 0. The van der Waals surface area contributed by atoms with Gasteiger partial charge in [-0.25, -0.2) is 4.68 Å². The SMILES string of the molecule is Cc1ccc([C@@H](C(=O)NCCC(C)C)N(Cc2cccs2)C(=O)Cn2nnc3ccccc32)cc1. The number of rotatable bonds is 10. The minimum absolute atomic E-state index is 0.00642. The molecule has 2 amide bonds. The largest absolute Gasteiger partial charge is 0.354 e. The summed E-state index contributed by atoms with van der Waals surface area (Å²) < 4.78 is 1.60. The Morgan fingerprint density at radius 3 is 2.54 bits per heavy atom. The van der Waals surface area contributed by atoms with E-state index in [4.69, 9.17) is 0 Å². The molecule has 0 saturated carbocycles. The molecular weight excluding hydrogens is 458 g/mol. The lowest BCUT2D eigenvalue weighted by Gasteiger charge is -2.31. The Morgan fingerprint density at radius 2 is 1.83 bits per heavy atom. The van der Waals surface area contributed by atoms with Crippen molar-refractivity contribution in [2.24, 2.45) is 5.92 Å². The molecule has 0 aliphatic heterocycles. The highest BCUT2D eigenvalue weighted by atomic mass is 32.1. The number of para-hydroxylation sites is 1. The second-order valence-corrected chi connectivity index (χ2v) is 10.2. The van der Waals surface area contributed by atoms with Crippen molar-refractivity contribution in [2.45, 2.75) is 46.3 Å². The van der Waals surface area contributed by atoms with E-state index in [-0.39, 0.29) is 18.4 Å². The number of thiophene rings is 1. The highest BCUT2D eigenvalue weighted by molar-refractivity contribution is 7.09. The molecule has 0 spiro atoms. The van der Waals surface area contributed by atoms with Crippen LogP contribution in [0.1, 0.15) is 42.3 Å². The minimum atomic E-state index is -0.757. The summed E-state index contributed by atoms with van der Waals surface area (Å²) in [5.74, 6) is 0.0964. The highest BCUT2D eigenvalue weighted by Gasteiger charge is 2.32. The van der Waals surface area contributed by atoms with Crippen LogP contribution in [0.4, 0.5) is 0 Å². The second kappa shape index (κ2) is 11.3. The average molecular weight is 490 g/mol. The standard InChI is InChI=1S/C27H31N5O2S/c1-19(2)14-15-28-27(34)26(21-12-10-20(3)11-13-21)31(17-22-7-6-16-35-22)25(33)18-32-24-9-5-4-8-23(24)29-30-32/h4-13,16,19,26H,14-15,17-18H2,1-3H3,(H,28,34)/t26-/m0/s1. The molecule has 0 saturated heterocycles. The smallest absolute Gasteiger partial charge is 0.247 e. The number of fused-ring (bicyclic) bond motifs is 1. The fraction of sp³-hybridized carbons (Fsp3) is 0.333. The highest BCUT2D eigenvalue weighted by Crippen LogP contribution is 2.26. The Hall–Kier alpha value is -3.52. The third kappa shape index (κ3) is 6.14. The van der Waals surface area contributed by atoms with Gasteiger partial charge in [0.05, 0.1) is 12.1 Å². The first-order valence-corrected chi connectivity index (χ1v) is 12.7. The fourth-order valence-electron chi connectivity index (χ4n) is 3.95. The molecule has 1 atom stereocenters. The Kier molecular flexibility index (Phi) is 7.92. The van der Waals surface area contributed by atoms with Gasteiger partial charge in [0.1, 0.15) is 18.1 Å². The molecule has 0 aliphatic carbocycles. The van der Waals surface area contributed by atoms with Crippen molar-refractivity contribution in [3.63, 3.8) is 0 Å². The van der Waals surface area contributed by atoms with Crippen LogP contribution in [-0.4, -0.2) is 38.3 Å². The molecule has 2 aromatic carbocycles. The number of carbonyl (C=O) groups is 2. The number of benzene rings is 2. The molecule has 0 unspecified atom stereocenters. The molecule has 1 N–H and O–H groups in total. The van der Waals surface area contributed by atoms with Gasteiger partial charge < -0.3 is 10.2 Å². The van der Waals surface area contributed by atoms with E-state index < -0.39 is 6.04 Å². The first kappa shape index (κ1) is 24.6. The zero-order chi connectivity index (χ0) is 24.8. The van der Waals surface area contributed by atoms with Crippen LogP contribution in [-0.2, 0) is 22.7 Å². The van der Waals surface area contributed by atoms with Gasteiger partial charge in [0, 0.05) is 11.4 Å². The van der Waals surface area contributed by atoms with Gasteiger partial charge in [-0.2, -0.15) is 0 Å². The molecule has 35 heavy (non-hydrogen) atoms. The van der Waals surface area contributed by atoms with Crippen LogP contribution in [0.2, 0.25) is 0 Å². The molecule has 2 aromatic heterocycles. The minimum Gasteiger partial charge on any atom is -0.354 e. The third-order valence-corrected chi connectivity index (χ3v) is 6.77. The van der Waals surface area contributed by atoms with Gasteiger partial charge in [-0.05, 0) is 48.4 Å². The molecule has 4 rings (SSSR count). The van der Waals surface area contributed by atoms with Crippen LogP contribution >= 0.6 is 11.3 Å². The van der Waals surface area contributed by atoms with Crippen molar-refractivity contribution >= 4 is 34.2 Å². The van der Waals surface area contributed by atoms with Crippen molar-refractivity contribution in [2.75, 3.05) is 6.54 Å². The summed E-state index contributed by atoms with van der Waals surface area (Å²) in [6, 6.07) is 18.5. The Balaban J connectivity index is 1.68. The molecule has 182 valence electrons. The first-order valence-electron chi connectivity index (χ1n) is 11.9. The number of nitrogens with one attached hydrogen (secondary N) is 1. The number of carbonyl (C=O) groups excluding carboxylic acids is 2. The van der Waals surface area contributed by atoms with Crippen molar-refractivity contribution < 1.29 is 9.59 Å². The summed E-state index contributed by atoms with van der Waals surface area (Å²) in [4.78, 5) is 30.0. The number of hydrogen-bond acceptors (Lipinski definition) is 5. The maximum absolute atomic E-state index is 13.8. The van der Waals surface area contributed by atoms with Crippen molar-refractivity contribution in [1.29, 1.82) is 0 Å². The molecule has 8 heteroatoms. The number of aryl methyl sites for hydroxylation is 1. The van der Waals surface area contributed by atoms with Crippen LogP contribution in [0.15, 0.2) is 66.0 Å². The quantitative estimate of drug-likeness (QED) is 0.349. The summed E-state index contributed by atoms with van der Waals surface area (Å²) >= 11 is 1.57. The van der Waals surface area contributed by atoms with Gasteiger partial charge in [0.2, 0.25) is 11.8 Å². The first-order chi connectivity index (χ1) is 16.9. The number of nitrogens with zero attached hydrogens (tertiary/aromatic N) is 4. The summed E-state index contributed by atoms with van der Waals surface area (Å²) in [6.45, 7) is 7.14. The topological polar surface area (TPSA) is 80.1 Å². The van der Waals surface area contributed by atoms with Gasteiger partial charge in [-0.1, -0.05) is 67.1 Å². The van der Waals surface area contributed by atoms with E-state index in [0.717, 1.165) is 33.5 Å². The van der Waals surface area contributed by atoms with Crippen LogP contribution in [0, 0.1) is 12.8 Å². The zero-order valence-corrected chi connectivity index (χ0v) is 21.2. The predicted octanol–water partition coefficient (Wildman–Crippen LogP) is 4.73. The van der Waals surface area contributed by atoms with Crippen molar-refractivity contribution in [3.05, 3.63) is 82.0 Å². The zero-order valence-electron chi connectivity index (χ0n) is 20.3. The van der Waals surface area contributed by atoms with E-state index in [2.05, 4.69) is 29.5 Å². The monoisotopic (exact) mass is 489 g/mol. The van der Waals surface area contributed by atoms with E-state index in [1.165, 1.54) is 0 Å². The lowest BCUT2D eigenvalue weighted by Crippen LogP contribution is -2.44. The van der Waals surface area contributed by atoms with E-state index in [9.17, 15) is 9.59 Å². The van der Waals surface area contributed by atoms with Gasteiger partial charge in [0.15, 0.2) is 0 Å². The van der Waals surface area contributed by atoms with E-state index in [1.54, 1.807) is 20.9 Å². The molecule has 0 bridgehead atoms. The van der Waals surface area contributed by atoms with Gasteiger partial charge in [-0.3, -0.25) is 9.59 Å². The molecule has 4 aromatic rings. The third-order valence-electron chi connectivity index (χ3n) is 5.91.